The molecule has 1 aliphatic rings. The molecule has 0 N–H and O–H groups in total. The van der Waals surface area contributed by atoms with Crippen LogP contribution < -0.4 is 0 Å². The lowest BCUT2D eigenvalue weighted by atomic mass is 10.1. The Morgan fingerprint density at radius 3 is 0.951 bits per heavy atom. The molecule has 0 aromatic carbocycles. The van der Waals surface area contributed by atoms with Crippen LogP contribution in [0.15, 0.2) is 24.3 Å². The van der Waals surface area contributed by atoms with Crippen LogP contribution >= 0.6 is 0 Å². The standard InChI is InChI=1S/C36H70O.C3H6O/c1-3-5-7-9-11-13-15-17-19-21-23-25-27-29-31-33-35-37-36-34-32-30-28-26-24-22-20-18-16-14-12-10-8-6-4-2;1-3-2-4-3/h17-20H,3-16,21-36H2,1-2H3;3H,2H2,1H3/b19-17-,20-18-;. The van der Waals surface area contributed by atoms with Gasteiger partial charge < -0.3 is 9.47 Å². The number of rotatable bonds is 32. The summed E-state index contributed by atoms with van der Waals surface area (Å²) >= 11 is 0. The van der Waals surface area contributed by atoms with Gasteiger partial charge in [-0.05, 0) is 71.1 Å². The second-order valence-corrected chi connectivity index (χ2v) is 12.6. The summed E-state index contributed by atoms with van der Waals surface area (Å²) in [6.07, 6.45) is 48.7. The minimum absolute atomic E-state index is 0.583. The zero-order valence-corrected chi connectivity index (χ0v) is 28.6. The molecule has 1 fully saturated rings. The van der Waals surface area contributed by atoms with Crippen LogP contribution in [-0.4, -0.2) is 25.9 Å². The van der Waals surface area contributed by atoms with E-state index in [1.165, 1.54) is 180 Å². The van der Waals surface area contributed by atoms with Gasteiger partial charge in [-0.3, -0.25) is 0 Å². The molecule has 41 heavy (non-hydrogen) atoms. The van der Waals surface area contributed by atoms with Crippen molar-refractivity contribution < 1.29 is 9.47 Å². The molecular weight excluding hydrogens is 500 g/mol. The van der Waals surface area contributed by atoms with Gasteiger partial charge in [-0.1, -0.05) is 154 Å². The quantitative estimate of drug-likeness (QED) is 0.0451. The maximum atomic E-state index is 5.85. The summed E-state index contributed by atoms with van der Waals surface area (Å²) in [6, 6.07) is 0. The van der Waals surface area contributed by atoms with E-state index in [0.29, 0.717) is 6.10 Å². The second-order valence-electron chi connectivity index (χ2n) is 12.6. The second kappa shape index (κ2) is 37.4. The average molecular weight is 577 g/mol. The van der Waals surface area contributed by atoms with Crippen LogP contribution in [0.1, 0.15) is 201 Å². The molecule has 0 spiro atoms. The van der Waals surface area contributed by atoms with E-state index < -0.39 is 0 Å². The van der Waals surface area contributed by atoms with Crippen molar-refractivity contribution in [2.45, 2.75) is 207 Å². The van der Waals surface area contributed by atoms with Gasteiger partial charge in [-0.25, -0.2) is 0 Å². The van der Waals surface area contributed by atoms with Crippen molar-refractivity contribution in [3.63, 3.8) is 0 Å². The molecule has 244 valence electrons. The van der Waals surface area contributed by atoms with Crippen LogP contribution in [0.5, 0.6) is 0 Å². The Labute approximate surface area is 259 Å². The van der Waals surface area contributed by atoms with E-state index in [-0.39, 0.29) is 0 Å². The maximum Gasteiger partial charge on any atom is 0.0781 e. The topological polar surface area (TPSA) is 21.8 Å². The molecule has 1 rings (SSSR count). The highest BCUT2D eigenvalue weighted by molar-refractivity contribution is 4.82. The molecule has 1 heterocycles. The highest BCUT2D eigenvalue weighted by Crippen LogP contribution is 2.12. The number of allylic oxidation sites excluding steroid dienone is 4. The zero-order chi connectivity index (χ0) is 29.7. The van der Waals surface area contributed by atoms with Crippen LogP contribution in [0, 0.1) is 0 Å². The van der Waals surface area contributed by atoms with Crippen molar-refractivity contribution in [2.24, 2.45) is 0 Å². The van der Waals surface area contributed by atoms with E-state index in [4.69, 9.17) is 9.47 Å². The van der Waals surface area contributed by atoms with Gasteiger partial charge in [0.05, 0.1) is 12.7 Å². The lowest BCUT2D eigenvalue weighted by Crippen LogP contribution is -1.97. The number of unbranched alkanes of at least 4 members (excludes halogenated alkanes) is 24. The Kier molecular flexibility index (Phi) is 36.9. The Bertz CT molecular complexity index is 468. The van der Waals surface area contributed by atoms with Gasteiger partial charge in [0.25, 0.3) is 0 Å². The number of epoxide rings is 1. The molecule has 1 atom stereocenters. The smallest absolute Gasteiger partial charge is 0.0781 e. The fraction of sp³-hybridized carbons (Fsp3) is 0.897. The van der Waals surface area contributed by atoms with E-state index in [0.717, 1.165) is 19.8 Å². The van der Waals surface area contributed by atoms with Crippen LogP contribution in [0.3, 0.4) is 0 Å². The normalized spacial score (nSPS) is 14.7. The number of hydrogen-bond donors (Lipinski definition) is 0. The zero-order valence-electron chi connectivity index (χ0n) is 28.6. The van der Waals surface area contributed by atoms with Crippen LogP contribution in [0.2, 0.25) is 0 Å². The molecule has 1 unspecified atom stereocenters. The summed E-state index contributed by atoms with van der Waals surface area (Å²) < 4.78 is 10.6. The number of ether oxygens (including phenoxy) is 2. The van der Waals surface area contributed by atoms with Gasteiger partial charge in [0.2, 0.25) is 0 Å². The summed E-state index contributed by atoms with van der Waals surface area (Å²) in [5.74, 6) is 0. The van der Waals surface area contributed by atoms with Crippen molar-refractivity contribution in [2.75, 3.05) is 19.8 Å². The molecule has 2 heteroatoms. The van der Waals surface area contributed by atoms with Gasteiger partial charge in [0, 0.05) is 13.2 Å². The lowest BCUT2D eigenvalue weighted by molar-refractivity contribution is 0.125. The van der Waals surface area contributed by atoms with Crippen LogP contribution in [0.4, 0.5) is 0 Å². The third kappa shape index (κ3) is 41.6. The average Bonchev–Trinajstić information content (AvgIpc) is 3.77. The summed E-state index contributed by atoms with van der Waals surface area (Å²) in [5.41, 5.74) is 0. The van der Waals surface area contributed by atoms with E-state index in [1.807, 2.05) is 0 Å². The Balaban J connectivity index is 0.00000364. The SMILES string of the molecule is CC1CO1.CCCCCCCC/C=C\CCCCCCCCOCCCCCCCC/C=C\CCCCCCCC. The van der Waals surface area contributed by atoms with E-state index >= 15 is 0 Å². The highest BCUT2D eigenvalue weighted by Gasteiger charge is 2.13. The summed E-state index contributed by atoms with van der Waals surface area (Å²) in [7, 11) is 0. The van der Waals surface area contributed by atoms with Crippen molar-refractivity contribution >= 4 is 0 Å². The van der Waals surface area contributed by atoms with Gasteiger partial charge in [0.15, 0.2) is 0 Å². The first kappa shape index (κ1) is 40.4. The van der Waals surface area contributed by atoms with Gasteiger partial charge >= 0.3 is 0 Å². The fourth-order valence-electron chi connectivity index (χ4n) is 5.10. The van der Waals surface area contributed by atoms with Crippen LogP contribution in [0.25, 0.3) is 0 Å². The van der Waals surface area contributed by atoms with Crippen LogP contribution in [-0.2, 0) is 9.47 Å². The predicted molar refractivity (Wildman–Crippen MR) is 185 cm³/mol. The maximum absolute atomic E-state index is 5.85. The van der Waals surface area contributed by atoms with Crippen molar-refractivity contribution in [3.05, 3.63) is 24.3 Å². The Morgan fingerprint density at radius 1 is 0.439 bits per heavy atom. The Morgan fingerprint density at radius 2 is 0.683 bits per heavy atom. The van der Waals surface area contributed by atoms with Gasteiger partial charge in [0.1, 0.15) is 0 Å². The highest BCUT2D eigenvalue weighted by atomic mass is 16.6. The molecule has 0 aliphatic carbocycles. The van der Waals surface area contributed by atoms with E-state index in [1.54, 1.807) is 0 Å². The molecule has 0 radical (unpaired) electrons. The minimum atomic E-state index is 0.583. The van der Waals surface area contributed by atoms with Crippen molar-refractivity contribution in [1.82, 2.24) is 0 Å². The summed E-state index contributed by atoms with van der Waals surface area (Å²) in [6.45, 7) is 9.58. The van der Waals surface area contributed by atoms with Crippen molar-refractivity contribution in [1.29, 1.82) is 0 Å². The first-order valence-corrected chi connectivity index (χ1v) is 18.8. The molecule has 2 nitrogen and oxygen atoms in total. The molecule has 0 aromatic rings. The first-order valence-electron chi connectivity index (χ1n) is 18.8. The van der Waals surface area contributed by atoms with E-state index in [9.17, 15) is 0 Å². The molecule has 0 amide bonds. The molecule has 0 aromatic heterocycles. The predicted octanol–water partition coefficient (Wildman–Crippen LogP) is 13.5. The largest absolute Gasteiger partial charge is 0.381 e. The summed E-state index contributed by atoms with van der Waals surface area (Å²) in [5, 5.41) is 0. The lowest BCUT2D eigenvalue weighted by Gasteiger charge is -2.05. The monoisotopic (exact) mass is 577 g/mol. The third-order valence-electron chi connectivity index (χ3n) is 8.10. The Hall–Kier alpha value is -0.600. The third-order valence-corrected chi connectivity index (χ3v) is 8.10. The summed E-state index contributed by atoms with van der Waals surface area (Å²) in [4.78, 5) is 0. The fourth-order valence-corrected chi connectivity index (χ4v) is 5.10. The first-order chi connectivity index (χ1) is 20.3. The van der Waals surface area contributed by atoms with Gasteiger partial charge in [-0.2, -0.15) is 0 Å². The molecule has 0 bridgehead atoms. The number of hydrogen-bond acceptors (Lipinski definition) is 2. The molecular formula is C39H76O2. The molecule has 1 aliphatic heterocycles. The van der Waals surface area contributed by atoms with Gasteiger partial charge in [-0.15, -0.1) is 0 Å². The minimum Gasteiger partial charge on any atom is -0.381 e. The van der Waals surface area contributed by atoms with E-state index in [2.05, 4.69) is 45.1 Å². The van der Waals surface area contributed by atoms with Crippen molar-refractivity contribution in [3.8, 4) is 0 Å². The molecule has 1 saturated heterocycles. The molecule has 0 saturated carbocycles.